The third kappa shape index (κ3) is 2.64. The van der Waals surface area contributed by atoms with E-state index in [1.54, 1.807) is 35.9 Å². The Balaban J connectivity index is 2.18. The number of amides is 1. The Morgan fingerprint density at radius 1 is 1.50 bits per heavy atom. The molecule has 1 aliphatic heterocycles. The molecule has 0 aliphatic carbocycles. The lowest BCUT2D eigenvalue weighted by atomic mass is 10.1. The number of anilines is 1. The number of carboxylic acids is 1. The molecule has 20 heavy (non-hydrogen) atoms. The number of rotatable bonds is 4. The van der Waals surface area contributed by atoms with Crippen molar-refractivity contribution < 1.29 is 14.7 Å². The van der Waals surface area contributed by atoms with Gasteiger partial charge in [0.15, 0.2) is 0 Å². The van der Waals surface area contributed by atoms with Gasteiger partial charge in [0.25, 0.3) is 0 Å². The Morgan fingerprint density at radius 2 is 2.15 bits per heavy atom. The van der Waals surface area contributed by atoms with Gasteiger partial charge < -0.3 is 10.0 Å². The van der Waals surface area contributed by atoms with Gasteiger partial charge in [-0.3, -0.25) is 14.5 Å². The van der Waals surface area contributed by atoms with Crippen molar-refractivity contribution in [1.29, 1.82) is 0 Å². The van der Waals surface area contributed by atoms with E-state index < -0.39 is 18.1 Å². The van der Waals surface area contributed by atoms with Crippen molar-refractivity contribution in [2.24, 2.45) is 0 Å². The second-order valence-corrected chi connectivity index (χ2v) is 5.33. The molecule has 1 aromatic carbocycles. The monoisotopic (exact) mass is 296 g/mol. The maximum absolute atomic E-state index is 12.5. The molecule has 0 saturated carbocycles. The van der Waals surface area contributed by atoms with Crippen LogP contribution in [0.3, 0.4) is 0 Å². The van der Waals surface area contributed by atoms with Gasteiger partial charge >= 0.3 is 5.97 Å². The van der Waals surface area contributed by atoms with E-state index in [1.165, 1.54) is 0 Å². The third-order valence-corrected chi connectivity index (χ3v) is 4.10. The van der Waals surface area contributed by atoms with Crippen molar-refractivity contribution in [1.82, 2.24) is 4.90 Å². The van der Waals surface area contributed by atoms with Gasteiger partial charge in [-0.1, -0.05) is 23.7 Å². The molecule has 1 N–H and O–H groups in total. The average Bonchev–Trinajstić information content (AvgIpc) is 2.79. The highest BCUT2D eigenvalue weighted by atomic mass is 35.5. The molecule has 1 heterocycles. The molecule has 1 amide bonds. The molecule has 2 rings (SSSR count). The summed E-state index contributed by atoms with van der Waals surface area (Å²) in [6.07, 6.45) is 0.595. The van der Waals surface area contributed by atoms with Crippen molar-refractivity contribution in [3.05, 3.63) is 29.3 Å². The van der Waals surface area contributed by atoms with Gasteiger partial charge in [-0.2, -0.15) is 0 Å². The van der Waals surface area contributed by atoms with Gasteiger partial charge in [0.1, 0.15) is 6.04 Å². The summed E-state index contributed by atoms with van der Waals surface area (Å²) in [6, 6.07) is 6.05. The quantitative estimate of drug-likeness (QED) is 0.921. The molecule has 1 aliphatic rings. The second-order valence-electron chi connectivity index (χ2n) is 4.93. The van der Waals surface area contributed by atoms with E-state index in [0.29, 0.717) is 23.7 Å². The highest BCUT2D eigenvalue weighted by Gasteiger charge is 2.38. The minimum absolute atomic E-state index is 0.103. The zero-order valence-electron chi connectivity index (χ0n) is 11.4. The van der Waals surface area contributed by atoms with Gasteiger partial charge in [0.2, 0.25) is 5.91 Å². The first-order chi connectivity index (χ1) is 9.43. The molecule has 5 nitrogen and oxygen atoms in total. The van der Waals surface area contributed by atoms with Crippen molar-refractivity contribution >= 4 is 29.2 Å². The van der Waals surface area contributed by atoms with Crippen LogP contribution in [0.4, 0.5) is 5.69 Å². The molecule has 1 saturated heterocycles. The van der Waals surface area contributed by atoms with E-state index in [0.717, 1.165) is 0 Å². The fourth-order valence-corrected chi connectivity index (χ4v) is 2.63. The molecule has 1 aromatic rings. The lowest BCUT2D eigenvalue weighted by Crippen LogP contribution is -2.47. The van der Waals surface area contributed by atoms with Crippen molar-refractivity contribution in [2.45, 2.75) is 25.4 Å². The van der Waals surface area contributed by atoms with Crippen LogP contribution in [0.5, 0.6) is 0 Å². The van der Waals surface area contributed by atoms with E-state index in [1.807, 2.05) is 12.1 Å². The summed E-state index contributed by atoms with van der Waals surface area (Å²) >= 11 is 6.11. The molecular formula is C14H17ClN2O3. The highest BCUT2D eigenvalue weighted by Crippen LogP contribution is 2.30. The molecule has 1 fully saturated rings. The maximum Gasteiger partial charge on any atom is 0.320 e. The van der Waals surface area contributed by atoms with Crippen LogP contribution in [0.25, 0.3) is 0 Å². The first-order valence-electron chi connectivity index (χ1n) is 6.44. The second kappa shape index (κ2) is 5.81. The number of carboxylic acid groups (broad SMARTS) is 1. The molecule has 2 atom stereocenters. The van der Waals surface area contributed by atoms with Crippen LogP contribution >= 0.6 is 11.6 Å². The summed E-state index contributed by atoms with van der Waals surface area (Å²) in [4.78, 5) is 26.7. The molecule has 0 aromatic heterocycles. The largest absolute Gasteiger partial charge is 0.480 e. The van der Waals surface area contributed by atoms with E-state index in [9.17, 15) is 9.59 Å². The van der Waals surface area contributed by atoms with Crippen LogP contribution in [0.2, 0.25) is 5.02 Å². The van der Waals surface area contributed by atoms with Crippen LogP contribution < -0.4 is 4.90 Å². The number of carbonyl (C=O) groups excluding carboxylic acids is 1. The number of hydrogen-bond donors (Lipinski definition) is 1. The van der Waals surface area contributed by atoms with Gasteiger partial charge in [0.05, 0.1) is 16.8 Å². The van der Waals surface area contributed by atoms with Crippen molar-refractivity contribution in [3.63, 3.8) is 0 Å². The number of para-hydroxylation sites is 1. The first-order valence-corrected chi connectivity index (χ1v) is 6.82. The van der Waals surface area contributed by atoms with Gasteiger partial charge in [-0.05, 0) is 32.5 Å². The molecule has 6 heteroatoms. The SMILES string of the molecule is C[C@@H](C(=O)O)N(C)[C@@H]1CCN(c2ccccc2Cl)C1=O. The predicted molar refractivity (Wildman–Crippen MR) is 77.1 cm³/mol. The summed E-state index contributed by atoms with van der Waals surface area (Å²) in [5.41, 5.74) is 0.679. The van der Waals surface area contributed by atoms with Crippen molar-refractivity contribution in [2.75, 3.05) is 18.5 Å². The number of nitrogens with zero attached hydrogens (tertiary/aromatic N) is 2. The number of benzene rings is 1. The number of aliphatic carboxylic acids is 1. The Hall–Kier alpha value is -1.59. The zero-order valence-corrected chi connectivity index (χ0v) is 12.2. The first kappa shape index (κ1) is 14.8. The van der Waals surface area contributed by atoms with E-state index in [2.05, 4.69) is 0 Å². The summed E-state index contributed by atoms with van der Waals surface area (Å²) in [7, 11) is 1.66. The number of halogens is 1. The minimum atomic E-state index is -0.934. The van der Waals surface area contributed by atoms with Crippen LogP contribution in [0.15, 0.2) is 24.3 Å². The predicted octanol–water partition coefficient (Wildman–Crippen LogP) is 1.85. The lowest BCUT2D eigenvalue weighted by Gasteiger charge is -2.27. The van der Waals surface area contributed by atoms with Crippen LogP contribution in [-0.4, -0.2) is 47.6 Å². The number of carbonyl (C=O) groups is 2. The molecule has 0 unspecified atom stereocenters. The molecule has 0 radical (unpaired) electrons. The number of likely N-dealkylation sites (N-methyl/N-ethyl adjacent to an activating group) is 1. The summed E-state index contributed by atoms with van der Waals surface area (Å²) < 4.78 is 0. The molecular weight excluding hydrogens is 280 g/mol. The lowest BCUT2D eigenvalue weighted by molar-refractivity contribution is -0.143. The van der Waals surface area contributed by atoms with Gasteiger partial charge in [-0.25, -0.2) is 0 Å². The van der Waals surface area contributed by atoms with Crippen LogP contribution in [-0.2, 0) is 9.59 Å². The minimum Gasteiger partial charge on any atom is -0.480 e. The molecule has 0 spiro atoms. The van der Waals surface area contributed by atoms with Gasteiger partial charge in [-0.15, -0.1) is 0 Å². The number of hydrogen-bond acceptors (Lipinski definition) is 3. The van der Waals surface area contributed by atoms with Crippen LogP contribution in [0.1, 0.15) is 13.3 Å². The topological polar surface area (TPSA) is 60.9 Å². The van der Waals surface area contributed by atoms with Crippen molar-refractivity contribution in [3.8, 4) is 0 Å². The Kier molecular flexibility index (Phi) is 4.30. The smallest absolute Gasteiger partial charge is 0.320 e. The fourth-order valence-electron chi connectivity index (χ4n) is 2.40. The Morgan fingerprint density at radius 3 is 2.75 bits per heavy atom. The van der Waals surface area contributed by atoms with Gasteiger partial charge in [0, 0.05) is 6.54 Å². The normalized spacial score (nSPS) is 20.5. The highest BCUT2D eigenvalue weighted by molar-refractivity contribution is 6.33. The average molecular weight is 297 g/mol. The zero-order chi connectivity index (χ0) is 14.9. The third-order valence-electron chi connectivity index (χ3n) is 3.78. The van der Waals surface area contributed by atoms with E-state index >= 15 is 0 Å². The summed E-state index contributed by atoms with van der Waals surface area (Å²) in [5, 5.41) is 9.56. The van der Waals surface area contributed by atoms with E-state index in [4.69, 9.17) is 16.7 Å². The van der Waals surface area contributed by atoms with Crippen LogP contribution in [0, 0.1) is 0 Å². The summed E-state index contributed by atoms with van der Waals surface area (Å²) in [5.74, 6) is -1.04. The Labute approximate surface area is 122 Å². The maximum atomic E-state index is 12.5. The Bertz CT molecular complexity index is 535. The molecule has 108 valence electrons. The fraction of sp³-hybridized carbons (Fsp3) is 0.429. The molecule has 0 bridgehead atoms. The van der Waals surface area contributed by atoms with E-state index in [-0.39, 0.29) is 5.91 Å². The summed E-state index contributed by atoms with van der Waals surface area (Å²) in [6.45, 7) is 2.12. The standard InChI is InChI=1S/C14H17ClN2O3/c1-9(14(19)20)16(2)12-7-8-17(13(12)18)11-6-4-3-5-10(11)15/h3-6,9,12H,7-8H2,1-2H3,(H,19,20)/t9-,12+/m0/s1.